The maximum Gasteiger partial charge on any atom is 0.253 e. The van der Waals surface area contributed by atoms with E-state index in [1.807, 2.05) is 12.1 Å². The molecule has 33 heavy (non-hydrogen) atoms. The fourth-order valence-corrected chi connectivity index (χ4v) is 5.88. The standard InChI is InChI=1S/C26H28ClN5O/c27-21-9-6-10-22-23(21)20(17-32(22)24-19(16-28)8-7-13-29-24)25(33)30-18-26(11-2-1-3-12-26)31-14-4-5-15-31/h6-10,13,17H,1-5,11-12,14-15,18H2,(H,30,33). The lowest BCUT2D eigenvalue weighted by Crippen LogP contribution is -2.55. The summed E-state index contributed by atoms with van der Waals surface area (Å²) in [5.41, 5.74) is 1.77. The second-order valence-electron chi connectivity index (χ2n) is 9.19. The third-order valence-electron chi connectivity index (χ3n) is 7.30. The van der Waals surface area contributed by atoms with Crippen molar-refractivity contribution in [3.8, 4) is 11.9 Å². The largest absolute Gasteiger partial charge is 0.350 e. The molecule has 1 aliphatic heterocycles. The number of nitrogens with one attached hydrogen (secondary N) is 1. The van der Waals surface area contributed by atoms with Crippen molar-refractivity contribution in [1.29, 1.82) is 5.26 Å². The lowest BCUT2D eigenvalue weighted by molar-refractivity contribution is 0.0653. The molecular weight excluding hydrogens is 434 g/mol. The van der Waals surface area contributed by atoms with Crippen molar-refractivity contribution in [2.75, 3.05) is 19.6 Å². The summed E-state index contributed by atoms with van der Waals surface area (Å²) in [5.74, 6) is 0.359. The van der Waals surface area contributed by atoms with Gasteiger partial charge in [0.1, 0.15) is 6.07 Å². The molecule has 2 aliphatic rings. The van der Waals surface area contributed by atoms with E-state index in [-0.39, 0.29) is 11.4 Å². The van der Waals surface area contributed by atoms with Crippen molar-refractivity contribution in [3.05, 3.63) is 58.9 Å². The number of likely N-dealkylation sites (tertiary alicyclic amines) is 1. The molecule has 2 fully saturated rings. The van der Waals surface area contributed by atoms with Gasteiger partial charge in [0.15, 0.2) is 5.82 Å². The minimum Gasteiger partial charge on any atom is -0.350 e. The number of pyridine rings is 1. The first-order valence-corrected chi connectivity index (χ1v) is 12.2. The molecule has 1 aliphatic carbocycles. The number of hydrogen-bond acceptors (Lipinski definition) is 4. The van der Waals surface area contributed by atoms with Crippen LogP contribution in [-0.2, 0) is 0 Å². The normalized spacial score (nSPS) is 18.3. The van der Waals surface area contributed by atoms with Gasteiger partial charge in [-0.2, -0.15) is 5.26 Å². The summed E-state index contributed by atoms with van der Waals surface area (Å²) >= 11 is 6.57. The first kappa shape index (κ1) is 21.9. The second kappa shape index (κ2) is 9.17. The van der Waals surface area contributed by atoms with Gasteiger partial charge in [0.25, 0.3) is 5.91 Å². The first-order valence-electron chi connectivity index (χ1n) is 11.8. The van der Waals surface area contributed by atoms with Gasteiger partial charge < -0.3 is 5.32 Å². The number of benzene rings is 1. The Morgan fingerprint density at radius 2 is 1.91 bits per heavy atom. The molecule has 0 spiro atoms. The third kappa shape index (κ3) is 4.01. The van der Waals surface area contributed by atoms with Crippen LogP contribution in [0.25, 0.3) is 16.7 Å². The van der Waals surface area contributed by atoms with Crippen molar-refractivity contribution in [2.24, 2.45) is 0 Å². The molecule has 1 aromatic carbocycles. The number of carbonyl (C=O) groups excluding carboxylic acids is 1. The van der Waals surface area contributed by atoms with Gasteiger partial charge in [-0.05, 0) is 63.0 Å². The van der Waals surface area contributed by atoms with E-state index in [1.54, 1.807) is 35.2 Å². The van der Waals surface area contributed by atoms with Crippen molar-refractivity contribution >= 4 is 28.4 Å². The monoisotopic (exact) mass is 461 g/mol. The molecule has 6 nitrogen and oxygen atoms in total. The number of halogens is 1. The SMILES string of the molecule is N#Cc1cccnc1-n1cc(C(=O)NCC2(N3CCCC3)CCCCC2)c2c(Cl)cccc21. The zero-order valence-electron chi connectivity index (χ0n) is 18.7. The lowest BCUT2D eigenvalue weighted by atomic mass is 9.80. The van der Waals surface area contributed by atoms with Gasteiger partial charge in [-0.1, -0.05) is 36.9 Å². The Labute approximate surface area is 199 Å². The summed E-state index contributed by atoms with van der Waals surface area (Å²) in [5, 5.41) is 14.0. The number of aromatic nitrogens is 2. The molecule has 1 saturated heterocycles. The Morgan fingerprint density at radius 3 is 2.67 bits per heavy atom. The Bertz CT molecular complexity index is 1220. The molecule has 5 rings (SSSR count). The number of fused-ring (bicyclic) bond motifs is 1. The molecule has 3 aromatic rings. The first-order chi connectivity index (χ1) is 16.1. The fourth-order valence-electron chi connectivity index (χ4n) is 5.61. The van der Waals surface area contributed by atoms with E-state index in [1.165, 1.54) is 32.1 Å². The number of amides is 1. The number of nitrogens with zero attached hydrogens (tertiary/aromatic N) is 4. The highest BCUT2D eigenvalue weighted by Crippen LogP contribution is 2.36. The van der Waals surface area contributed by atoms with Gasteiger partial charge in [0.2, 0.25) is 0 Å². The van der Waals surface area contributed by atoms with Crippen LogP contribution in [0.2, 0.25) is 5.02 Å². The predicted molar refractivity (Wildman–Crippen MR) is 130 cm³/mol. The molecule has 7 heteroatoms. The Kier molecular flexibility index (Phi) is 6.09. The van der Waals surface area contributed by atoms with Gasteiger partial charge in [-0.15, -0.1) is 0 Å². The average Bonchev–Trinajstić information content (AvgIpc) is 3.53. The van der Waals surface area contributed by atoms with E-state index < -0.39 is 0 Å². The maximum absolute atomic E-state index is 13.5. The van der Waals surface area contributed by atoms with Crippen LogP contribution in [0.5, 0.6) is 0 Å². The summed E-state index contributed by atoms with van der Waals surface area (Å²) in [6.07, 6.45) is 11.9. The second-order valence-corrected chi connectivity index (χ2v) is 9.60. The predicted octanol–water partition coefficient (Wildman–Crippen LogP) is 5.08. The number of hydrogen-bond donors (Lipinski definition) is 1. The summed E-state index contributed by atoms with van der Waals surface area (Å²) < 4.78 is 1.80. The molecule has 1 N–H and O–H groups in total. The van der Waals surface area contributed by atoms with Crippen LogP contribution in [0.15, 0.2) is 42.7 Å². The van der Waals surface area contributed by atoms with E-state index in [4.69, 9.17) is 11.6 Å². The van der Waals surface area contributed by atoms with Crippen LogP contribution in [0.1, 0.15) is 60.9 Å². The van der Waals surface area contributed by atoms with E-state index in [0.29, 0.717) is 33.9 Å². The fraction of sp³-hybridized carbons (Fsp3) is 0.423. The minimum atomic E-state index is -0.134. The van der Waals surface area contributed by atoms with Gasteiger partial charge in [-0.3, -0.25) is 14.3 Å². The molecule has 0 radical (unpaired) electrons. The van der Waals surface area contributed by atoms with Crippen molar-refractivity contribution in [2.45, 2.75) is 50.5 Å². The lowest BCUT2D eigenvalue weighted by Gasteiger charge is -2.45. The number of nitriles is 1. The summed E-state index contributed by atoms with van der Waals surface area (Å²) in [4.78, 5) is 20.5. The Hall–Kier alpha value is -2.88. The molecule has 170 valence electrons. The van der Waals surface area contributed by atoms with Gasteiger partial charge in [0, 0.05) is 29.9 Å². The Morgan fingerprint density at radius 1 is 1.12 bits per heavy atom. The van der Waals surface area contributed by atoms with Crippen molar-refractivity contribution < 1.29 is 4.79 Å². The summed E-state index contributed by atoms with van der Waals surface area (Å²) in [6, 6.07) is 11.2. The van der Waals surface area contributed by atoms with Crippen LogP contribution in [0.3, 0.4) is 0 Å². The quantitative estimate of drug-likeness (QED) is 0.575. The van der Waals surface area contributed by atoms with Gasteiger partial charge >= 0.3 is 0 Å². The van der Waals surface area contributed by atoms with Gasteiger partial charge in [0.05, 0.1) is 21.7 Å². The maximum atomic E-state index is 13.5. The van der Waals surface area contributed by atoms with Gasteiger partial charge in [-0.25, -0.2) is 4.98 Å². The minimum absolute atomic E-state index is 0.0571. The van der Waals surface area contributed by atoms with Crippen LogP contribution in [0, 0.1) is 11.3 Å². The van der Waals surface area contributed by atoms with Crippen molar-refractivity contribution in [1.82, 2.24) is 19.8 Å². The molecule has 0 unspecified atom stereocenters. The molecule has 1 amide bonds. The number of carbonyl (C=O) groups is 1. The topological polar surface area (TPSA) is 73.9 Å². The average molecular weight is 462 g/mol. The van der Waals surface area contributed by atoms with Crippen LogP contribution in [0.4, 0.5) is 0 Å². The molecule has 0 bridgehead atoms. The highest BCUT2D eigenvalue weighted by molar-refractivity contribution is 6.37. The molecule has 0 atom stereocenters. The molecule has 1 saturated carbocycles. The molecule has 2 aromatic heterocycles. The molecule has 3 heterocycles. The van der Waals surface area contributed by atoms with E-state index >= 15 is 0 Å². The van der Waals surface area contributed by atoms with Crippen LogP contribution < -0.4 is 5.32 Å². The Balaban J connectivity index is 1.49. The van der Waals surface area contributed by atoms with E-state index in [9.17, 15) is 10.1 Å². The summed E-state index contributed by atoms with van der Waals surface area (Å²) in [6.45, 7) is 2.89. The van der Waals surface area contributed by atoms with E-state index in [2.05, 4.69) is 21.3 Å². The smallest absolute Gasteiger partial charge is 0.253 e. The van der Waals surface area contributed by atoms with Crippen LogP contribution >= 0.6 is 11.6 Å². The van der Waals surface area contributed by atoms with E-state index in [0.717, 1.165) is 31.4 Å². The molecular formula is C26H28ClN5O. The van der Waals surface area contributed by atoms with Crippen molar-refractivity contribution in [3.63, 3.8) is 0 Å². The highest BCUT2D eigenvalue weighted by Gasteiger charge is 2.39. The highest BCUT2D eigenvalue weighted by atomic mass is 35.5. The third-order valence-corrected chi connectivity index (χ3v) is 7.61. The number of rotatable bonds is 5. The zero-order chi connectivity index (χ0) is 22.8. The zero-order valence-corrected chi connectivity index (χ0v) is 19.4. The summed E-state index contributed by atoms with van der Waals surface area (Å²) in [7, 11) is 0. The van der Waals surface area contributed by atoms with Crippen LogP contribution in [-0.4, -0.2) is 45.5 Å².